The minimum atomic E-state index is 0.671. The summed E-state index contributed by atoms with van der Waals surface area (Å²) >= 11 is 0. The number of aromatic nitrogens is 4. The number of piperazine rings is 1. The normalized spacial score (nSPS) is 14.6. The smallest absolute Gasteiger partial charge is 0.161 e. The lowest BCUT2D eigenvalue weighted by Gasteiger charge is -2.35. The number of fused-ring (bicyclic) bond motifs is 2. The molecule has 6 rings (SSSR count). The molecule has 3 heterocycles. The third kappa shape index (κ3) is 4.03. The van der Waals surface area contributed by atoms with E-state index in [0.29, 0.717) is 11.5 Å². The third-order valence-electron chi connectivity index (χ3n) is 7.06. The molecule has 1 aliphatic rings. The monoisotopic (exact) mass is 482 g/mol. The molecule has 0 bridgehead atoms. The summed E-state index contributed by atoms with van der Waals surface area (Å²) in [5.74, 6) is 2.99. The van der Waals surface area contributed by atoms with Gasteiger partial charge in [-0.1, -0.05) is 6.92 Å². The number of aromatic amines is 2. The molecular weight excluding hydrogens is 452 g/mol. The molecule has 0 atom stereocenters. The van der Waals surface area contributed by atoms with Crippen LogP contribution >= 0.6 is 0 Å². The number of nitrogens with one attached hydrogen (secondary N) is 2. The van der Waals surface area contributed by atoms with E-state index in [1.165, 1.54) is 5.69 Å². The number of imidazole rings is 2. The predicted octanol–water partition coefficient (Wildman–Crippen LogP) is 4.93. The minimum Gasteiger partial charge on any atom is -0.493 e. The van der Waals surface area contributed by atoms with Crippen molar-refractivity contribution < 1.29 is 9.47 Å². The Hall–Kier alpha value is -4.04. The highest BCUT2D eigenvalue weighted by molar-refractivity contribution is 5.87. The number of hydrogen-bond donors (Lipinski definition) is 2. The number of H-pyrrole nitrogens is 2. The molecule has 2 aromatic heterocycles. The second kappa shape index (κ2) is 9.20. The zero-order valence-corrected chi connectivity index (χ0v) is 20.8. The Morgan fingerprint density at radius 1 is 0.722 bits per heavy atom. The van der Waals surface area contributed by atoms with Crippen LogP contribution in [0.25, 0.3) is 44.8 Å². The van der Waals surface area contributed by atoms with Gasteiger partial charge in [0, 0.05) is 43.0 Å². The van der Waals surface area contributed by atoms with Gasteiger partial charge in [0.05, 0.1) is 36.3 Å². The van der Waals surface area contributed by atoms with Crippen LogP contribution in [0.3, 0.4) is 0 Å². The average Bonchev–Trinajstić information content (AvgIpc) is 3.56. The van der Waals surface area contributed by atoms with Gasteiger partial charge in [-0.3, -0.25) is 0 Å². The Morgan fingerprint density at radius 2 is 1.33 bits per heavy atom. The molecule has 36 heavy (non-hydrogen) atoms. The highest BCUT2D eigenvalue weighted by Crippen LogP contribution is 2.33. The summed E-state index contributed by atoms with van der Waals surface area (Å²) in [7, 11) is 3.27. The molecule has 0 radical (unpaired) electrons. The number of likely N-dealkylation sites (N-methyl/N-ethyl adjacent to an activating group) is 1. The van der Waals surface area contributed by atoms with Gasteiger partial charge in [0.2, 0.25) is 0 Å². The van der Waals surface area contributed by atoms with Crippen LogP contribution < -0.4 is 14.4 Å². The second-order valence-corrected chi connectivity index (χ2v) is 9.10. The first-order valence-electron chi connectivity index (χ1n) is 12.3. The van der Waals surface area contributed by atoms with Crippen molar-refractivity contribution in [1.82, 2.24) is 24.8 Å². The van der Waals surface area contributed by atoms with Crippen molar-refractivity contribution in [3.63, 3.8) is 0 Å². The molecule has 3 aromatic carbocycles. The molecule has 2 N–H and O–H groups in total. The number of hydrogen-bond acceptors (Lipinski definition) is 6. The zero-order chi connectivity index (χ0) is 24.6. The minimum absolute atomic E-state index is 0.671. The summed E-state index contributed by atoms with van der Waals surface area (Å²) in [5, 5.41) is 0. The molecule has 8 nitrogen and oxygen atoms in total. The first-order chi connectivity index (χ1) is 17.6. The van der Waals surface area contributed by atoms with Gasteiger partial charge in [0.1, 0.15) is 11.6 Å². The van der Waals surface area contributed by atoms with E-state index in [9.17, 15) is 0 Å². The number of methoxy groups -OCH3 is 2. The second-order valence-electron chi connectivity index (χ2n) is 9.10. The number of anilines is 1. The molecule has 5 aromatic rings. The first kappa shape index (κ1) is 22.4. The standard InChI is InChI=1S/C28H30N6O2/c1-4-33-11-13-34(14-12-33)20-7-9-22-24(17-20)32-27(30-22)18-5-8-21-23(15-18)31-28(29-21)19-6-10-25(35-2)26(16-19)36-3/h5-10,15-17H,4,11-14H2,1-3H3,(H,29,31)(H,30,32). The van der Waals surface area contributed by atoms with Gasteiger partial charge < -0.3 is 29.2 Å². The Balaban J connectivity index is 1.29. The van der Waals surface area contributed by atoms with Crippen LogP contribution in [0.5, 0.6) is 11.5 Å². The van der Waals surface area contributed by atoms with Crippen molar-refractivity contribution in [2.24, 2.45) is 0 Å². The Labute approximate surface area is 209 Å². The summed E-state index contributed by atoms with van der Waals surface area (Å²) in [6, 6.07) is 18.5. The fourth-order valence-electron chi connectivity index (χ4n) is 4.93. The average molecular weight is 483 g/mol. The molecule has 184 valence electrons. The van der Waals surface area contributed by atoms with Crippen LogP contribution in [-0.4, -0.2) is 71.8 Å². The lowest BCUT2D eigenvalue weighted by molar-refractivity contribution is 0.271. The molecule has 1 saturated heterocycles. The van der Waals surface area contributed by atoms with Gasteiger partial charge >= 0.3 is 0 Å². The Kier molecular flexibility index (Phi) is 5.73. The van der Waals surface area contributed by atoms with E-state index in [0.717, 1.165) is 77.6 Å². The van der Waals surface area contributed by atoms with Crippen molar-refractivity contribution >= 4 is 27.8 Å². The van der Waals surface area contributed by atoms with E-state index < -0.39 is 0 Å². The van der Waals surface area contributed by atoms with E-state index >= 15 is 0 Å². The van der Waals surface area contributed by atoms with Crippen LogP contribution in [0.15, 0.2) is 54.6 Å². The van der Waals surface area contributed by atoms with Gasteiger partial charge in [-0.25, -0.2) is 9.97 Å². The zero-order valence-electron chi connectivity index (χ0n) is 20.8. The molecule has 0 spiro atoms. The first-order valence-corrected chi connectivity index (χ1v) is 12.3. The van der Waals surface area contributed by atoms with Crippen molar-refractivity contribution in [3.8, 4) is 34.3 Å². The summed E-state index contributed by atoms with van der Waals surface area (Å²) in [6.07, 6.45) is 0. The molecule has 0 aliphatic carbocycles. The van der Waals surface area contributed by atoms with Gasteiger partial charge in [-0.2, -0.15) is 0 Å². The van der Waals surface area contributed by atoms with Crippen molar-refractivity contribution in [3.05, 3.63) is 54.6 Å². The predicted molar refractivity (Wildman–Crippen MR) is 144 cm³/mol. The van der Waals surface area contributed by atoms with Crippen LogP contribution in [0.4, 0.5) is 5.69 Å². The number of rotatable bonds is 6. The highest BCUT2D eigenvalue weighted by atomic mass is 16.5. The lowest BCUT2D eigenvalue weighted by Crippen LogP contribution is -2.46. The highest BCUT2D eigenvalue weighted by Gasteiger charge is 2.17. The van der Waals surface area contributed by atoms with E-state index in [1.54, 1.807) is 14.2 Å². The fraction of sp³-hybridized carbons (Fsp3) is 0.286. The lowest BCUT2D eigenvalue weighted by atomic mass is 10.2. The largest absolute Gasteiger partial charge is 0.493 e. The summed E-state index contributed by atoms with van der Waals surface area (Å²) < 4.78 is 10.8. The molecule has 8 heteroatoms. The summed E-state index contributed by atoms with van der Waals surface area (Å²) in [6.45, 7) is 7.67. The number of ether oxygens (including phenoxy) is 2. The van der Waals surface area contributed by atoms with Crippen LogP contribution in [-0.2, 0) is 0 Å². The van der Waals surface area contributed by atoms with E-state index in [-0.39, 0.29) is 0 Å². The Morgan fingerprint density at radius 3 is 2.00 bits per heavy atom. The maximum absolute atomic E-state index is 5.45. The fourth-order valence-corrected chi connectivity index (χ4v) is 4.93. The van der Waals surface area contributed by atoms with Gasteiger partial charge in [0.25, 0.3) is 0 Å². The van der Waals surface area contributed by atoms with Crippen molar-refractivity contribution in [2.45, 2.75) is 6.92 Å². The van der Waals surface area contributed by atoms with Crippen molar-refractivity contribution in [2.75, 3.05) is 51.8 Å². The maximum atomic E-state index is 5.45. The quantitative estimate of drug-likeness (QED) is 0.357. The van der Waals surface area contributed by atoms with Gasteiger partial charge in [0.15, 0.2) is 11.5 Å². The molecule has 0 saturated carbocycles. The third-order valence-corrected chi connectivity index (χ3v) is 7.06. The van der Waals surface area contributed by atoms with Crippen LogP contribution in [0.1, 0.15) is 6.92 Å². The summed E-state index contributed by atoms with van der Waals surface area (Å²) in [4.78, 5) is 21.6. The number of benzene rings is 3. The van der Waals surface area contributed by atoms with Crippen molar-refractivity contribution in [1.29, 1.82) is 0 Å². The molecule has 1 aliphatic heterocycles. The maximum Gasteiger partial charge on any atom is 0.161 e. The molecule has 0 unspecified atom stereocenters. The topological polar surface area (TPSA) is 82.3 Å². The molecule has 0 amide bonds. The van der Waals surface area contributed by atoms with Gasteiger partial charge in [-0.05, 0) is 61.1 Å². The van der Waals surface area contributed by atoms with Crippen LogP contribution in [0.2, 0.25) is 0 Å². The SMILES string of the molecule is CCN1CCN(c2ccc3nc(-c4ccc5nc(-c6ccc(OC)c(OC)c6)[nH]c5c4)[nH]c3c2)CC1. The molecular formula is C28H30N6O2. The van der Waals surface area contributed by atoms with Crippen LogP contribution in [0, 0.1) is 0 Å². The van der Waals surface area contributed by atoms with Gasteiger partial charge in [-0.15, -0.1) is 0 Å². The van der Waals surface area contributed by atoms with E-state index in [4.69, 9.17) is 19.4 Å². The molecule has 1 fully saturated rings. The summed E-state index contributed by atoms with van der Waals surface area (Å²) in [5.41, 5.74) is 7.06. The number of nitrogens with zero attached hydrogens (tertiary/aromatic N) is 4. The van der Waals surface area contributed by atoms with E-state index in [2.05, 4.69) is 57.0 Å². The Bertz CT molecular complexity index is 1530. The van der Waals surface area contributed by atoms with E-state index in [1.807, 2.05) is 24.3 Å².